The largest absolute Gasteiger partial charge is 0.481 e. The molecule has 0 radical (unpaired) electrons. The van der Waals surface area contributed by atoms with Crippen LogP contribution < -0.4 is 5.43 Å². The van der Waals surface area contributed by atoms with Crippen molar-refractivity contribution in [3.8, 4) is 11.3 Å². The summed E-state index contributed by atoms with van der Waals surface area (Å²) in [6.45, 7) is 0. The number of para-hydroxylation sites is 1. The number of fused-ring (bicyclic) bond motifs is 1. The van der Waals surface area contributed by atoms with Gasteiger partial charge >= 0.3 is 11.7 Å². The zero-order valence-electron chi connectivity index (χ0n) is 13.4. The fourth-order valence-corrected chi connectivity index (χ4v) is 2.69. The van der Waals surface area contributed by atoms with Crippen molar-refractivity contribution in [2.75, 3.05) is 0 Å². The van der Waals surface area contributed by atoms with Gasteiger partial charge in [0.2, 0.25) is 5.76 Å². The molecular formula is C17H10N2O8. The van der Waals surface area contributed by atoms with E-state index in [-0.39, 0.29) is 27.8 Å². The van der Waals surface area contributed by atoms with Crippen molar-refractivity contribution in [2.45, 2.75) is 6.42 Å². The third-order valence-electron chi connectivity index (χ3n) is 3.82. The molecule has 2 aromatic carbocycles. The molecule has 27 heavy (non-hydrogen) atoms. The Labute approximate surface area is 149 Å². The average molecular weight is 370 g/mol. The van der Waals surface area contributed by atoms with Crippen LogP contribution in [0.2, 0.25) is 0 Å². The molecule has 3 aromatic rings. The SMILES string of the molecule is O=C(O)Cc1cccc2c(=O)c([N+](=O)[O-])c(-c3cccc([N+](=O)[O-])c3)oc12. The van der Waals surface area contributed by atoms with Gasteiger partial charge in [-0.3, -0.25) is 29.8 Å². The molecule has 0 unspecified atom stereocenters. The van der Waals surface area contributed by atoms with Crippen molar-refractivity contribution in [3.05, 3.63) is 78.5 Å². The summed E-state index contributed by atoms with van der Waals surface area (Å²) in [7, 11) is 0. The Morgan fingerprint density at radius 2 is 1.78 bits per heavy atom. The van der Waals surface area contributed by atoms with Crippen molar-refractivity contribution < 1.29 is 24.2 Å². The van der Waals surface area contributed by atoms with E-state index in [4.69, 9.17) is 9.52 Å². The Morgan fingerprint density at radius 1 is 1.07 bits per heavy atom. The maximum absolute atomic E-state index is 12.6. The molecule has 0 atom stereocenters. The molecule has 0 saturated heterocycles. The van der Waals surface area contributed by atoms with Crippen molar-refractivity contribution in [2.24, 2.45) is 0 Å². The van der Waals surface area contributed by atoms with Crippen LogP contribution in [-0.4, -0.2) is 20.9 Å². The highest BCUT2D eigenvalue weighted by Crippen LogP contribution is 2.33. The molecule has 10 heteroatoms. The van der Waals surface area contributed by atoms with E-state index >= 15 is 0 Å². The molecule has 0 saturated carbocycles. The molecule has 0 bridgehead atoms. The van der Waals surface area contributed by atoms with Crippen molar-refractivity contribution >= 4 is 28.3 Å². The molecule has 0 spiro atoms. The van der Waals surface area contributed by atoms with Crippen molar-refractivity contribution in [1.29, 1.82) is 0 Å². The number of aliphatic carboxylic acids is 1. The van der Waals surface area contributed by atoms with Crippen LogP contribution >= 0.6 is 0 Å². The number of non-ortho nitro benzene ring substituents is 1. The Bertz CT molecular complexity index is 1170. The minimum Gasteiger partial charge on any atom is -0.481 e. The number of carboxylic acids is 1. The van der Waals surface area contributed by atoms with Gasteiger partial charge in [-0.05, 0) is 6.07 Å². The van der Waals surface area contributed by atoms with E-state index in [1.165, 1.54) is 36.4 Å². The first kappa shape index (κ1) is 17.7. The van der Waals surface area contributed by atoms with Gasteiger partial charge in [-0.2, -0.15) is 0 Å². The Balaban J connectivity index is 2.40. The van der Waals surface area contributed by atoms with E-state index in [1.807, 2.05) is 0 Å². The van der Waals surface area contributed by atoms with Gasteiger partial charge in [0.25, 0.3) is 11.1 Å². The topological polar surface area (TPSA) is 154 Å². The number of carboxylic acid groups (broad SMARTS) is 1. The van der Waals surface area contributed by atoms with E-state index in [0.717, 1.165) is 6.07 Å². The third-order valence-corrected chi connectivity index (χ3v) is 3.82. The van der Waals surface area contributed by atoms with E-state index in [9.17, 15) is 29.8 Å². The number of benzene rings is 2. The summed E-state index contributed by atoms with van der Waals surface area (Å²) >= 11 is 0. The predicted molar refractivity (Wildman–Crippen MR) is 92.6 cm³/mol. The van der Waals surface area contributed by atoms with Gasteiger partial charge in [0.15, 0.2) is 0 Å². The molecule has 0 aliphatic carbocycles. The summed E-state index contributed by atoms with van der Waals surface area (Å²) in [6.07, 6.45) is -0.466. The molecule has 1 N–H and O–H groups in total. The van der Waals surface area contributed by atoms with Gasteiger partial charge in [-0.15, -0.1) is 0 Å². The Hall–Kier alpha value is -4.08. The van der Waals surface area contributed by atoms with Crippen molar-refractivity contribution in [3.63, 3.8) is 0 Å². The summed E-state index contributed by atoms with van der Waals surface area (Å²) in [6, 6.07) is 8.95. The minimum atomic E-state index is -1.18. The first-order chi connectivity index (χ1) is 12.8. The normalized spacial score (nSPS) is 10.7. The molecule has 1 aromatic heterocycles. The average Bonchev–Trinajstić information content (AvgIpc) is 2.61. The molecule has 0 aliphatic heterocycles. The predicted octanol–water partition coefficient (Wildman–Crippen LogP) is 2.90. The maximum atomic E-state index is 12.6. The zero-order chi connectivity index (χ0) is 19.7. The van der Waals surface area contributed by atoms with Crippen LogP contribution in [-0.2, 0) is 11.2 Å². The monoisotopic (exact) mass is 370 g/mol. The first-order valence-corrected chi connectivity index (χ1v) is 7.49. The number of hydrogen-bond acceptors (Lipinski definition) is 7. The zero-order valence-corrected chi connectivity index (χ0v) is 13.4. The van der Waals surface area contributed by atoms with Gasteiger partial charge in [-0.25, -0.2) is 0 Å². The first-order valence-electron chi connectivity index (χ1n) is 7.49. The standard InChI is InChI=1S/C17H10N2O8/c20-13(21)8-10-4-2-6-12-15(22)14(19(25)26)17(27-16(10)12)9-3-1-5-11(7-9)18(23)24/h1-7H,8H2,(H,20,21). The lowest BCUT2D eigenvalue weighted by Crippen LogP contribution is -2.11. The molecule has 1 heterocycles. The quantitative estimate of drug-likeness (QED) is 0.531. The second-order valence-electron chi connectivity index (χ2n) is 5.54. The highest BCUT2D eigenvalue weighted by molar-refractivity contribution is 5.88. The summed E-state index contributed by atoms with van der Waals surface area (Å²) in [5.74, 6) is -1.65. The van der Waals surface area contributed by atoms with E-state index < -0.39 is 39.1 Å². The molecule has 136 valence electrons. The van der Waals surface area contributed by atoms with Crippen LogP contribution in [0.4, 0.5) is 11.4 Å². The fraction of sp³-hybridized carbons (Fsp3) is 0.0588. The van der Waals surface area contributed by atoms with Gasteiger partial charge in [0.1, 0.15) is 5.58 Å². The van der Waals surface area contributed by atoms with Crippen LogP contribution in [0.1, 0.15) is 5.56 Å². The fourth-order valence-electron chi connectivity index (χ4n) is 2.69. The summed E-state index contributed by atoms with van der Waals surface area (Å²) in [5.41, 5.74) is -2.19. The van der Waals surface area contributed by atoms with Crippen molar-refractivity contribution in [1.82, 2.24) is 0 Å². The third kappa shape index (κ3) is 3.23. The van der Waals surface area contributed by atoms with E-state index in [1.54, 1.807) is 0 Å². The highest BCUT2D eigenvalue weighted by Gasteiger charge is 2.27. The summed E-state index contributed by atoms with van der Waals surface area (Å²) in [4.78, 5) is 44.5. The van der Waals surface area contributed by atoms with E-state index in [2.05, 4.69) is 0 Å². The lowest BCUT2D eigenvalue weighted by atomic mass is 10.0. The molecular weight excluding hydrogens is 360 g/mol. The molecule has 0 fully saturated rings. The van der Waals surface area contributed by atoms with Crippen LogP contribution in [0, 0.1) is 20.2 Å². The van der Waals surface area contributed by atoms with Gasteiger partial charge in [0, 0.05) is 23.3 Å². The van der Waals surface area contributed by atoms with Crippen LogP contribution in [0.3, 0.4) is 0 Å². The number of carbonyl (C=O) groups is 1. The van der Waals surface area contributed by atoms with Crippen LogP contribution in [0.25, 0.3) is 22.3 Å². The molecule has 0 aliphatic rings. The number of nitro groups is 2. The second-order valence-corrected chi connectivity index (χ2v) is 5.54. The maximum Gasteiger partial charge on any atom is 0.359 e. The number of nitro benzene ring substituents is 1. The minimum absolute atomic E-state index is 0.0416. The molecule has 3 rings (SSSR count). The smallest absolute Gasteiger partial charge is 0.359 e. The number of nitrogens with zero attached hydrogens (tertiary/aromatic N) is 2. The van der Waals surface area contributed by atoms with E-state index in [0.29, 0.717) is 0 Å². The van der Waals surface area contributed by atoms with Gasteiger partial charge < -0.3 is 9.52 Å². The summed E-state index contributed by atoms with van der Waals surface area (Å²) < 4.78 is 5.56. The lowest BCUT2D eigenvalue weighted by Gasteiger charge is -2.07. The summed E-state index contributed by atoms with van der Waals surface area (Å²) in [5, 5.41) is 31.3. The Kier molecular flexibility index (Phi) is 4.38. The number of rotatable bonds is 5. The molecule has 0 amide bonds. The van der Waals surface area contributed by atoms with Gasteiger partial charge in [0.05, 0.1) is 21.7 Å². The second kappa shape index (κ2) is 6.67. The van der Waals surface area contributed by atoms with Crippen LogP contribution in [0.5, 0.6) is 0 Å². The lowest BCUT2D eigenvalue weighted by molar-refractivity contribution is -0.386. The molecule has 10 nitrogen and oxygen atoms in total. The number of hydrogen-bond donors (Lipinski definition) is 1. The van der Waals surface area contributed by atoms with Gasteiger partial charge in [-0.1, -0.05) is 24.3 Å². The Morgan fingerprint density at radius 3 is 2.41 bits per heavy atom. The highest BCUT2D eigenvalue weighted by atomic mass is 16.6. The van der Waals surface area contributed by atoms with Crippen LogP contribution in [0.15, 0.2) is 51.7 Å².